The lowest BCUT2D eigenvalue weighted by atomic mass is 10.0. The van der Waals surface area contributed by atoms with Crippen LogP contribution in [0.3, 0.4) is 0 Å². The number of carboxylic acid groups (broad SMARTS) is 1. The zero-order valence-electron chi connectivity index (χ0n) is 20.3. The van der Waals surface area contributed by atoms with E-state index < -0.39 is 47.9 Å². The van der Waals surface area contributed by atoms with Gasteiger partial charge in [-0.05, 0) is 32.1 Å². The van der Waals surface area contributed by atoms with Crippen LogP contribution < -0.4 is 33.2 Å². The second-order valence-corrected chi connectivity index (χ2v) is 8.66. The number of rotatable bonds is 15. The summed E-state index contributed by atoms with van der Waals surface area (Å²) in [7, 11) is 0. The van der Waals surface area contributed by atoms with Crippen LogP contribution in [0.15, 0.2) is 17.5 Å². The third-order valence-electron chi connectivity index (χ3n) is 4.99. The molecule has 11 N–H and O–H groups in total. The fourth-order valence-electron chi connectivity index (χ4n) is 3.11. The van der Waals surface area contributed by atoms with Crippen LogP contribution in [0.4, 0.5) is 0 Å². The molecule has 4 unspecified atom stereocenters. The lowest BCUT2D eigenvalue weighted by molar-refractivity contribution is -0.141. The molecule has 4 atom stereocenters. The van der Waals surface area contributed by atoms with Crippen molar-refractivity contribution in [2.45, 2.75) is 70.6 Å². The summed E-state index contributed by atoms with van der Waals surface area (Å²) >= 11 is 0. The van der Waals surface area contributed by atoms with Crippen LogP contribution in [-0.4, -0.2) is 75.4 Å². The molecule has 0 fully saturated rings. The summed E-state index contributed by atoms with van der Waals surface area (Å²) in [6.07, 6.45) is 4.02. The van der Waals surface area contributed by atoms with Gasteiger partial charge in [-0.1, -0.05) is 13.8 Å². The van der Waals surface area contributed by atoms with Crippen molar-refractivity contribution in [3.05, 3.63) is 18.2 Å². The Hall–Kier alpha value is -3.68. The number of H-pyrrole nitrogens is 1. The molecule has 0 saturated heterocycles. The van der Waals surface area contributed by atoms with Gasteiger partial charge in [0.2, 0.25) is 17.7 Å². The number of amides is 3. The van der Waals surface area contributed by atoms with Crippen molar-refractivity contribution in [1.82, 2.24) is 25.9 Å². The zero-order valence-corrected chi connectivity index (χ0v) is 20.3. The summed E-state index contributed by atoms with van der Waals surface area (Å²) in [4.78, 5) is 60.1. The van der Waals surface area contributed by atoms with Crippen molar-refractivity contribution >= 4 is 29.7 Å². The molecule has 3 amide bonds. The third kappa shape index (κ3) is 11.3. The predicted octanol–water partition coefficient (Wildman–Crippen LogP) is -2.06. The molecule has 1 aromatic heterocycles. The molecule has 0 aliphatic heterocycles. The number of nitrogens with one attached hydrogen (secondary N) is 4. The van der Waals surface area contributed by atoms with Crippen LogP contribution >= 0.6 is 0 Å². The second kappa shape index (κ2) is 14.6. The van der Waals surface area contributed by atoms with Crippen molar-refractivity contribution in [3.8, 4) is 0 Å². The number of hydrogen-bond acceptors (Lipinski definition) is 7. The Morgan fingerprint density at radius 2 is 1.69 bits per heavy atom. The number of carboxylic acids is 1. The van der Waals surface area contributed by atoms with Crippen LogP contribution in [0, 0.1) is 5.92 Å². The number of aromatic nitrogens is 2. The van der Waals surface area contributed by atoms with Crippen molar-refractivity contribution in [2.24, 2.45) is 28.1 Å². The van der Waals surface area contributed by atoms with Crippen molar-refractivity contribution in [3.63, 3.8) is 0 Å². The third-order valence-corrected chi connectivity index (χ3v) is 4.99. The molecule has 0 aromatic carbocycles. The van der Waals surface area contributed by atoms with Gasteiger partial charge in [-0.2, -0.15) is 0 Å². The van der Waals surface area contributed by atoms with Gasteiger partial charge >= 0.3 is 5.97 Å². The summed E-state index contributed by atoms with van der Waals surface area (Å²) in [5.74, 6) is -3.04. The molecule has 1 heterocycles. The van der Waals surface area contributed by atoms with Crippen LogP contribution in [-0.2, 0) is 25.6 Å². The normalized spacial score (nSPS) is 14.3. The number of hydrogen-bond donors (Lipinski definition) is 8. The SMILES string of the molecule is CC(C)CC(NC(=O)C(N)CCCN=C(N)N)C(=O)NC(Cc1cnc[nH]1)C(=O)NC(C)C(=O)O. The average molecular weight is 496 g/mol. The number of guanidine groups is 1. The molecule has 0 bridgehead atoms. The lowest BCUT2D eigenvalue weighted by Crippen LogP contribution is -2.57. The number of carbonyl (C=O) groups excluding carboxylic acids is 3. The number of aliphatic imine (C=N–C) groups is 1. The minimum absolute atomic E-state index is 0.0380. The molecular formula is C21H37N9O5. The average Bonchev–Trinajstić information content (AvgIpc) is 3.28. The highest BCUT2D eigenvalue weighted by atomic mass is 16.4. The van der Waals surface area contributed by atoms with E-state index in [0.717, 1.165) is 0 Å². The van der Waals surface area contributed by atoms with Crippen molar-refractivity contribution < 1.29 is 24.3 Å². The molecule has 14 nitrogen and oxygen atoms in total. The molecule has 0 radical (unpaired) electrons. The number of carbonyl (C=O) groups is 4. The molecule has 196 valence electrons. The largest absolute Gasteiger partial charge is 0.480 e. The molecule has 1 rings (SSSR count). The fraction of sp³-hybridized carbons (Fsp3) is 0.619. The Balaban J connectivity index is 2.90. The minimum Gasteiger partial charge on any atom is -0.480 e. The maximum absolute atomic E-state index is 13.1. The molecule has 14 heteroatoms. The molecule has 1 aromatic rings. The van der Waals surface area contributed by atoms with E-state index in [2.05, 4.69) is 30.9 Å². The molecular weight excluding hydrogens is 458 g/mol. The van der Waals surface area contributed by atoms with E-state index in [-0.39, 0.29) is 18.3 Å². The fourth-order valence-corrected chi connectivity index (χ4v) is 3.11. The van der Waals surface area contributed by atoms with E-state index in [1.165, 1.54) is 19.4 Å². The van der Waals surface area contributed by atoms with E-state index >= 15 is 0 Å². The van der Waals surface area contributed by atoms with Crippen LogP contribution in [0.2, 0.25) is 0 Å². The van der Waals surface area contributed by atoms with E-state index in [1.54, 1.807) is 0 Å². The zero-order chi connectivity index (χ0) is 26.5. The Morgan fingerprint density at radius 1 is 1.06 bits per heavy atom. The van der Waals surface area contributed by atoms with Gasteiger partial charge in [-0.15, -0.1) is 0 Å². The van der Waals surface area contributed by atoms with Gasteiger partial charge in [0.1, 0.15) is 18.1 Å². The molecule has 0 aliphatic carbocycles. The van der Waals surface area contributed by atoms with Gasteiger partial charge in [-0.3, -0.25) is 24.2 Å². The van der Waals surface area contributed by atoms with Gasteiger partial charge in [-0.25, -0.2) is 4.98 Å². The van der Waals surface area contributed by atoms with Crippen molar-refractivity contribution in [1.29, 1.82) is 0 Å². The lowest BCUT2D eigenvalue weighted by Gasteiger charge is -2.25. The standard InChI is InChI=1S/C21H37N9O5/c1-11(2)7-15(29-17(31)14(22)5-4-6-26-21(23)24)19(33)30-16(8-13-9-25-10-27-13)18(32)28-12(3)20(34)35/h9-12,14-16H,4-8,22H2,1-3H3,(H,25,27)(H,28,32)(H,29,31)(H,30,33)(H,34,35)(H4,23,24,26). The Bertz CT molecular complexity index is 869. The Labute approximate surface area is 203 Å². The van der Waals surface area contributed by atoms with Crippen LogP contribution in [0.1, 0.15) is 45.7 Å². The molecule has 0 spiro atoms. The second-order valence-electron chi connectivity index (χ2n) is 8.66. The highest BCUT2D eigenvalue weighted by Crippen LogP contribution is 2.08. The first-order valence-corrected chi connectivity index (χ1v) is 11.3. The van der Waals surface area contributed by atoms with Gasteiger partial charge < -0.3 is 43.2 Å². The Kier molecular flexibility index (Phi) is 12.2. The van der Waals surface area contributed by atoms with E-state index in [4.69, 9.17) is 22.3 Å². The van der Waals surface area contributed by atoms with Gasteiger partial charge in [0.05, 0.1) is 12.4 Å². The number of nitrogens with zero attached hydrogens (tertiary/aromatic N) is 2. The monoisotopic (exact) mass is 495 g/mol. The minimum atomic E-state index is -1.22. The van der Waals surface area contributed by atoms with Crippen molar-refractivity contribution in [2.75, 3.05) is 6.54 Å². The summed E-state index contributed by atoms with van der Waals surface area (Å²) < 4.78 is 0. The quantitative estimate of drug-likeness (QED) is 0.0756. The Morgan fingerprint density at radius 3 is 2.23 bits per heavy atom. The summed E-state index contributed by atoms with van der Waals surface area (Å²) in [5.41, 5.74) is 17.0. The number of aliphatic carboxylic acids is 1. The highest BCUT2D eigenvalue weighted by Gasteiger charge is 2.30. The van der Waals surface area contributed by atoms with E-state index in [1.807, 2.05) is 13.8 Å². The van der Waals surface area contributed by atoms with Crippen LogP contribution in [0.5, 0.6) is 0 Å². The molecule has 0 saturated carbocycles. The first-order valence-electron chi connectivity index (χ1n) is 11.3. The van der Waals surface area contributed by atoms with Gasteiger partial charge in [0.15, 0.2) is 5.96 Å². The maximum atomic E-state index is 13.1. The predicted molar refractivity (Wildman–Crippen MR) is 129 cm³/mol. The number of imidazole rings is 1. The topological polar surface area (TPSA) is 244 Å². The molecule has 35 heavy (non-hydrogen) atoms. The van der Waals surface area contributed by atoms with E-state index in [0.29, 0.717) is 31.5 Å². The van der Waals surface area contributed by atoms with Gasteiger partial charge in [0.25, 0.3) is 0 Å². The maximum Gasteiger partial charge on any atom is 0.325 e. The van der Waals surface area contributed by atoms with Crippen LogP contribution in [0.25, 0.3) is 0 Å². The highest BCUT2D eigenvalue weighted by molar-refractivity contribution is 5.94. The van der Waals surface area contributed by atoms with Gasteiger partial charge in [0, 0.05) is 24.9 Å². The number of nitrogens with two attached hydrogens (primary N) is 3. The first-order chi connectivity index (χ1) is 16.4. The first kappa shape index (κ1) is 29.4. The summed E-state index contributed by atoms with van der Waals surface area (Å²) in [6.45, 7) is 5.39. The summed E-state index contributed by atoms with van der Waals surface area (Å²) in [5, 5.41) is 16.7. The number of aromatic amines is 1. The van der Waals surface area contributed by atoms with E-state index in [9.17, 15) is 19.2 Å². The summed E-state index contributed by atoms with van der Waals surface area (Å²) in [6, 6.07) is -4.11. The molecule has 0 aliphatic rings. The smallest absolute Gasteiger partial charge is 0.325 e.